The predicted octanol–water partition coefficient (Wildman–Crippen LogP) is 1.14. The molecule has 0 saturated carbocycles. The van der Waals surface area contributed by atoms with Gasteiger partial charge in [-0.05, 0) is 18.2 Å². The molecule has 0 spiro atoms. The quantitative estimate of drug-likeness (QED) is 0.374. The van der Waals surface area contributed by atoms with E-state index < -0.39 is 0 Å². The fraction of sp³-hybridized carbons (Fsp3) is 0. The molecule has 1 rings (SSSR count). The maximum absolute atomic E-state index is 5.45. The van der Waals surface area contributed by atoms with Crippen molar-refractivity contribution < 1.29 is 0 Å². The second-order valence-electron chi connectivity index (χ2n) is 1.81. The molecular weight excluding hydrogens is 132 g/mol. The van der Waals surface area contributed by atoms with Crippen LogP contribution < -0.4 is 11.5 Å². The zero-order valence-corrected chi connectivity index (χ0v) is 5.73. The van der Waals surface area contributed by atoms with Crippen LogP contribution in [0.25, 0.3) is 0 Å². The highest BCUT2D eigenvalue weighted by atomic mass is 32.1. The first kappa shape index (κ1) is 6.29. The van der Waals surface area contributed by atoms with Crippen molar-refractivity contribution >= 4 is 24.0 Å². The molecule has 1 aromatic carbocycles. The lowest BCUT2D eigenvalue weighted by molar-refractivity contribution is 1.48. The van der Waals surface area contributed by atoms with Gasteiger partial charge < -0.3 is 11.5 Å². The molecule has 0 amide bonds. The van der Waals surface area contributed by atoms with Crippen molar-refractivity contribution in [1.29, 1.82) is 0 Å². The molecule has 2 nitrogen and oxygen atoms in total. The summed E-state index contributed by atoms with van der Waals surface area (Å²) in [4.78, 5) is 0.835. The van der Waals surface area contributed by atoms with Crippen molar-refractivity contribution in [2.24, 2.45) is 0 Å². The van der Waals surface area contributed by atoms with E-state index in [4.69, 9.17) is 11.5 Å². The summed E-state index contributed by atoms with van der Waals surface area (Å²) >= 11 is 4.07. The van der Waals surface area contributed by atoms with E-state index in [-0.39, 0.29) is 0 Å². The van der Waals surface area contributed by atoms with Crippen LogP contribution >= 0.6 is 12.6 Å². The Morgan fingerprint density at radius 2 is 1.78 bits per heavy atom. The summed E-state index contributed by atoms with van der Waals surface area (Å²) in [5, 5.41) is 0. The van der Waals surface area contributed by atoms with E-state index in [1.54, 1.807) is 18.2 Å². The Bertz CT molecular complexity index is 222. The van der Waals surface area contributed by atoms with E-state index in [2.05, 4.69) is 12.6 Å². The molecule has 0 aromatic heterocycles. The van der Waals surface area contributed by atoms with Gasteiger partial charge >= 0.3 is 0 Å². The molecule has 48 valence electrons. The second kappa shape index (κ2) is 2.19. The monoisotopic (exact) mass is 140 g/mol. The van der Waals surface area contributed by atoms with Gasteiger partial charge in [0.25, 0.3) is 0 Å². The van der Waals surface area contributed by atoms with Crippen molar-refractivity contribution in [3.05, 3.63) is 18.2 Å². The van der Waals surface area contributed by atoms with Crippen LogP contribution in [0.3, 0.4) is 0 Å². The zero-order chi connectivity index (χ0) is 6.85. The standard InChI is InChI=1S/C6H8N2S/c7-5-2-1-4(9)3-6(5)8/h1-3,9H,7-8H2. The molecular formula is C6H8N2S. The van der Waals surface area contributed by atoms with Crippen molar-refractivity contribution in [1.82, 2.24) is 0 Å². The molecule has 3 heteroatoms. The van der Waals surface area contributed by atoms with Crippen molar-refractivity contribution in [3.63, 3.8) is 0 Å². The maximum Gasteiger partial charge on any atom is 0.0558 e. The van der Waals surface area contributed by atoms with Crippen LogP contribution in [0.2, 0.25) is 0 Å². The highest BCUT2D eigenvalue weighted by molar-refractivity contribution is 7.80. The summed E-state index contributed by atoms with van der Waals surface area (Å²) in [6.07, 6.45) is 0. The van der Waals surface area contributed by atoms with Crippen LogP contribution in [0, 0.1) is 0 Å². The number of anilines is 2. The van der Waals surface area contributed by atoms with Gasteiger partial charge in [0, 0.05) is 4.90 Å². The van der Waals surface area contributed by atoms with E-state index in [0.29, 0.717) is 11.4 Å². The Morgan fingerprint density at radius 3 is 2.22 bits per heavy atom. The van der Waals surface area contributed by atoms with Gasteiger partial charge in [-0.25, -0.2) is 0 Å². The molecule has 0 unspecified atom stereocenters. The number of nitrogens with two attached hydrogens (primary N) is 2. The number of hydrogen-bond donors (Lipinski definition) is 3. The maximum atomic E-state index is 5.45. The minimum atomic E-state index is 0.586. The molecule has 0 atom stereocenters. The Balaban J connectivity index is 3.17. The Hall–Kier alpha value is -0.830. The van der Waals surface area contributed by atoms with E-state index in [1.807, 2.05) is 0 Å². The Kier molecular flexibility index (Phi) is 1.53. The molecule has 0 radical (unpaired) electrons. The lowest BCUT2D eigenvalue weighted by atomic mass is 10.3. The van der Waals surface area contributed by atoms with Crippen LogP contribution in [-0.2, 0) is 0 Å². The molecule has 0 aliphatic heterocycles. The normalized spacial score (nSPS) is 9.44. The summed E-state index contributed by atoms with van der Waals surface area (Å²) in [5.41, 5.74) is 12.1. The molecule has 0 aliphatic carbocycles. The number of rotatable bonds is 0. The Labute approximate surface area is 59.3 Å². The molecule has 1 aromatic rings. The van der Waals surface area contributed by atoms with E-state index >= 15 is 0 Å². The third-order valence-electron chi connectivity index (χ3n) is 1.07. The fourth-order valence-corrected chi connectivity index (χ4v) is 0.776. The SMILES string of the molecule is Nc1ccc(S)cc1N. The summed E-state index contributed by atoms with van der Waals surface area (Å²) in [5.74, 6) is 0. The highest BCUT2D eigenvalue weighted by Crippen LogP contribution is 2.17. The van der Waals surface area contributed by atoms with Gasteiger partial charge in [0.1, 0.15) is 0 Å². The van der Waals surface area contributed by atoms with Crippen LogP contribution in [0.1, 0.15) is 0 Å². The van der Waals surface area contributed by atoms with Crippen LogP contribution in [0.4, 0.5) is 11.4 Å². The minimum absolute atomic E-state index is 0.586. The first-order valence-corrected chi connectivity index (χ1v) is 2.99. The number of thiol groups is 1. The fourth-order valence-electron chi connectivity index (χ4n) is 0.562. The van der Waals surface area contributed by atoms with Gasteiger partial charge in [-0.15, -0.1) is 12.6 Å². The van der Waals surface area contributed by atoms with Gasteiger partial charge in [0.15, 0.2) is 0 Å². The topological polar surface area (TPSA) is 52.0 Å². The molecule has 0 aliphatic rings. The van der Waals surface area contributed by atoms with E-state index in [9.17, 15) is 0 Å². The lowest BCUT2D eigenvalue weighted by Gasteiger charge is -1.97. The third-order valence-corrected chi connectivity index (χ3v) is 1.35. The van der Waals surface area contributed by atoms with Crippen LogP contribution in [0.5, 0.6) is 0 Å². The van der Waals surface area contributed by atoms with Crippen molar-refractivity contribution in [2.45, 2.75) is 4.90 Å². The van der Waals surface area contributed by atoms with Crippen molar-refractivity contribution in [2.75, 3.05) is 11.5 Å². The van der Waals surface area contributed by atoms with Gasteiger partial charge in [0.2, 0.25) is 0 Å². The number of hydrogen-bond acceptors (Lipinski definition) is 3. The Morgan fingerprint density at radius 1 is 1.11 bits per heavy atom. The largest absolute Gasteiger partial charge is 0.397 e. The first-order chi connectivity index (χ1) is 4.20. The molecule has 0 saturated heterocycles. The molecule has 0 heterocycles. The zero-order valence-electron chi connectivity index (χ0n) is 4.83. The molecule has 0 bridgehead atoms. The van der Waals surface area contributed by atoms with E-state index in [1.165, 1.54) is 0 Å². The van der Waals surface area contributed by atoms with Crippen LogP contribution in [0.15, 0.2) is 23.1 Å². The lowest BCUT2D eigenvalue weighted by Crippen LogP contribution is -1.92. The van der Waals surface area contributed by atoms with E-state index in [0.717, 1.165) is 4.90 Å². The van der Waals surface area contributed by atoms with Crippen LogP contribution in [-0.4, -0.2) is 0 Å². The average Bonchev–Trinajstić information content (AvgIpc) is 1.80. The average molecular weight is 140 g/mol. The molecule has 4 N–H and O–H groups in total. The highest BCUT2D eigenvalue weighted by Gasteiger charge is 1.91. The smallest absolute Gasteiger partial charge is 0.0558 e. The number of benzene rings is 1. The summed E-state index contributed by atoms with van der Waals surface area (Å²) in [7, 11) is 0. The molecule has 0 fully saturated rings. The third kappa shape index (κ3) is 1.29. The van der Waals surface area contributed by atoms with Crippen molar-refractivity contribution in [3.8, 4) is 0 Å². The first-order valence-electron chi connectivity index (χ1n) is 2.54. The summed E-state index contributed by atoms with van der Waals surface area (Å²) in [6, 6.07) is 5.25. The number of nitrogen functional groups attached to an aromatic ring is 2. The van der Waals surface area contributed by atoms with Gasteiger partial charge in [-0.1, -0.05) is 0 Å². The van der Waals surface area contributed by atoms with Gasteiger partial charge in [0.05, 0.1) is 11.4 Å². The summed E-state index contributed by atoms with van der Waals surface area (Å²) in [6.45, 7) is 0. The second-order valence-corrected chi connectivity index (χ2v) is 2.33. The molecule has 9 heavy (non-hydrogen) atoms. The predicted molar refractivity (Wildman–Crippen MR) is 42.5 cm³/mol. The summed E-state index contributed by atoms with van der Waals surface area (Å²) < 4.78 is 0. The minimum Gasteiger partial charge on any atom is -0.397 e. The van der Waals surface area contributed by atoms with Gasteiger partial charge in [-0.3, -0.25) is 0 Å². The van der Waals surface area contributed by atoms with Gasteiger partial charge in [-0.2, -0.15) is 0 Å².